The molecule has 8 heteroatoms. The van der Waals surface area contributed by atoms with Gasteiger partial charge in [0.05, 0.1) is 5.75 Å². The number of ketones is 1. The van der Waals surface area contributed by atoms with Crippen LogP contribution < -0.4 is 4.74 Å². The summed E-state index contributed by atoms with van der Waals surface area (Å²) in [6, 6.07) is 12.2. The summed E-state index contributed by atoms with van der Waals surface area (Å²) >= 11 is 1.31. The van der Waals surface area contributed by atoms with Gasteiger partial charge in [-0.2, -0.15) is 0 Å². The Morgan fingerprint density at radius 3 is 2.88 bits per heavy atom. The standard InChI is InChI=1S/C24H23FN4O2S/c1-3-12-29-22(14-31-21-11-6-5-10-19(21)25)27-28-24(29)32-15-20(30)18-13-26-23-16(4-2)8-7-9-17(18)23/h3,5-11,13,26H,1,4,12,14-15H2,2H3. The highest BCUT2D eigenvalue weighted by molar-refractivity contribution is 7.99. The number of halogens is 1. The third-order valence-corrected chi connectivity index (χ3v) is 6.08. The summed E-state index contributed by atoms with van der Waals surface area (Å²) in [5.41, 5.74) is 2.85. The number of Topliss-reactive ketones (excluding diaryl/α,β-unsaturated/α-hetero) is 1. The second kappa shape index (κ2) is 9.82. The molecule has 0 bridgehead atoms. The van der Waals surface area contributed by atoms with Crippen molar-refractivity contribution < 1.29 is 13.9 Å². The molecule has 4 aromatic rings. The van der Waals surface area contributed by atoms with Crippen molar-refractivity contribution in [3.8, 4) is 5.75 Å². The topological polar surface area (TPSA) is 72.8 Å². The van der Waals surface area contributed by atoms with Crippen molar-refractivity contribution in [1.29, 1.82) is 0 Å². The van der Waals surface area contributed by atoms with Crippen molar-refractivity contribution in [2.45, 2.75) is 31.7 Å². The van der Waals surface area contributed by atoms with E-state index in [4.69, 9.17) is 4.74 Å². The van der Waals surface area contributed by atoms with Crippen LogP contribution in [0.4, 0.5) is 4.39 Å². The fourth-order valence-corrected chi connectivity index (χ4v) is 4.35. The molecule has 32 heavy (non-hydrogen) atoms. The van der Waals surface area contributed by atoms with E-state index in [0.29, 0.717) is 23.1 Å². The Bertz CT molecular complexity index is 1260. The molecule has 0 amide bonds. The number of aryl methyl sites for hydroxylation is 1. The monoisotopic (exact) mass is 450 g/mol. The summed E-state index contributed by atoms with van der Waals surface area (Å²) in [5.74, 6) is 0.463. The van der Waals surface area contributed by atoms with Crippen molar-refractivity contribution in [2.24, 2.45) is 0 Å². The minimum Gasteiger partial charge on any atom is -0.483 e. The van der Waals surface area contributed by atoms with E-state index in [1.165, 1.54) is 23.4 Å². The molecule has 1 N–H and O–H groups in total. The van der Waals surface area contributed by atoms with E-state index >= 15 is 0 Å². The number of thioether (sulfide) groups is 1. The van der Waals surface area contributed by atoms with Gasteiger partial charge in [0.1, 0.15) is 6.61 Å². The molecule has 0 atom stereocenters. The molecule has 0 aliphatic carbocycles. The maximum absolute atomic E-state index is 13.8. The minimum absolute atomic E-state index is 0.00631. The predicted octanol–water partition coefficient (Wildman–Crippen LogP) is 5.20. The second-order valence-corrected chi connectivity index (χ2v) is 8.07. The number of carbonyl (C=O) groups is 1. The van der Waals surface area contributed by atoms with Gasteiger partial charge in [-0.15, -0.1) is 16.8 Å². The number of para-hydroxylation sites is 2. The maximum atomic E-state index is 13.8. The van der Waals surface area contributed by atoms with Crippen LogP contribution in [0.25, 0.3) is 10.9 Å². The SMILES string of the molecule is C=CCn1c(COc2ccccc2F)nnc1SCC(=O)c1c[nH]c2c(CC)cccc12. The van der Waals surface area contributed by atoms with Crippen LogP contribution in [0.2, 0.25) is 0 Å². The van der Waals surface area contributed by atoms with Crippen LogP contribution in [0.3, 0.4) is 0 Å². The molecule has 2 aromatic heterocycles. The Labute approximate surface area is 189 Å². The Morgan fingerprint density at radius 1 is 1.25 bits per heavy atom. The summed E-state index contributed by atoms with van der Waals surface area (Å²) in [4.78, 5) is 16.2. The highest BCUT2D eigenvalue weighted by Crippen LogP contribution is 2.26. The molecule has 0 radical (unpaired) electrons. The van der Waals surface area contributed by atoms with Gasteiger partial charge in [0.25, 0.3) is 0 Å². The molecular weight excluding hydrogens is 427 g/mol. The summed E-state index contributed by atoms with van der Waals surface area (Å²) in [6.45, 7) is 6.37. The van der Waals surface area contributed by atoms with Gasteiger partial charge in [-0.3, -0.25) is 9.36 Å². The first-order valence-corrected chi connectivity index (χ1v) is 11.3. The number of fused-ring (bicyclic) bond motifs is 1. The predicted molar refractivity (Wildman–Crippen MR) is 124 cm³/mol. The molecule has 6 nitrogen and oxygen atoms in total. The van der Waals surface area contributed by atoms with Gasteiger partial charge in [0, 0.05) is 29.2 Å². The Hall–Kier alpha value is -3.39. The van der Waals surface area contributed by atoms with Crippen LogP contribution in [0.5, 0.6) is 5.75 Å². The van der Waals surface area contributed by atoms with Crippen LogP contribution in [-0.4, -0.2) is 31.3 Å². The summed E-state index contributed by atoms with van der Waals surface area (Å²) in [7, 11) is 0. The average molecular weight is 451 g/mol. The van der Waals surface area contributed by atoms with Crippen LogP contribution in [0.15, 0.2) is 66.5 Å². The first-order chi connectivity index (χ1) is 15.6. The van der Waals surface area contributed by atoms with Crippen molar-refractivity contribution in [1.82, 2.24) is 19.7 Å². The van der Waals surface area contributed by atoms with Crippen LogP contribution in [-0.2, 0) is 19.6 Å². The van der Waals surface area contributed by atoms with Crippen molar-refractivity contribution in [2.75, 3.05) is 5.75 Å². The van der Waals surface area contributed by atoms with Gasteiger partial charge >= 0.3 is 0 Å². The quantitative estimate of drug-likeness (QED) is 0.204. The highest BCUT2D eigenvalue weighted by Gasteiger charge is 2.18. The number of aromatic nitrogens is 4. The van der Waals surface area contributed by atoms with Crippen LogP contribution in [0, 0.1) is 5.82 Å². The number of hydrogen-bond donors (Lipinski definition) is 1. The summed E-state index contributed by atoms with van der Waals surface area (Å²) < 4.78 is 21.2. The van der Waals surface area contributed by atoms with Crippen molar-refractivity contribution in [3.63, 3.8) is 0 Å². The van der Waals surface area contributed by atoms with Crippen molar-refractivity contribution >= 4 is 28.4 Å². The molecule has 4 rings (SSSR count). The molecule has 2 aromatic carbocycles. The molecule has 0 spiro atoms. The lowest BCUT2D eigenvalue weighted by atomic mass is 10.1. The molecule has 0 aliphatic rings. The lowest BCUT2D eigenvalue weighted by molar-refractivity contribution is 0.102. The number of carbonyl (C=O) groups excluding carboxylic acids is 1. The lowest BCUT2D eigenvalue weighted by Crippen LogP contribution is -2.09. The Kier molecular flexibility index (Phi) is 6.70. The largest absolute Gasteiger partial charge is 0.483 e. The first-order valence-electron chi connectivity index (χ1n) is 10.3. The number of hydrogen-bond acceptors (Lipinski definition) is 5. The van der Waals surface area contributed by atoms with Gasteiger partial charge in [-0.25, -0.2) is 4.39 Å². The van der Waals surface area contributed by atoms with E-state index in [1.54, 1.807) is 30.5 Å². The number of aromatic amines is 1. The molecular formula is C24H23FN4O2S. The van der Waals surface area contributed by atoms with Gasteiger partial charge in [0.2, 0.25) is 0 Å². The minimum atomic E-state index is -0.438. The van der Waals surface area contributed by atoms with E-state index in [1.807, 2.05) is 16.7 Å². The van der Waals surface area contributed by atoms with Crippen molar-refractivity contribution in [3.05, 3.63) is 84.1 Å². The third kappa shape index (κ3) is 4.45. The number of benzene rings is 2. The fourth-order valence-electron chi connectivity index (χ4n) is 3.50. The van der Waals surface area contributed by atoms with E-state index in [9.17, 15) is 9.18 Å². The van der Waals surface area contributed by atoms with Gasteiger partial charge in [-0.1, -0.05) is 55.1 Å². The molecule has 0 saturated heterocycles. The zero-order chi connectivity index (χ0) is 22.5. The third-order valence-electron chi connectivity index (χ3n) is 5.11. The lowest BCUT2D eigenvalue weighted by Gasteiger charge is -2.09. The molecule has 0 saturated carbocycles. The normalized spacial score (nSPS) is 11.1. The zero-order valence-corrected chi connectivity index (χ0v) is 18.5. The smallest absolute Gasteiger partial charge is 0.192 e. The van der Waals surface area contributed by atoms with Gasteiger partial charge < -0.3 is 9.72 Å². The number of nitrogens with zero attached hydrogens (tertiary/aromatic N) is 3. The van der Waals surface area contributed by atoms with Crippen LogP contribution in [0.1, 0.15) is 28.7 Å². The fraction of sp³-hybridized carbons (Fsp3) is 0.208. The number of nitrogens with one attached hydrogen (secondary N) is 1. The number of H-pyrrole nitrogens is 1. The summed E-state index contributed by atoms with van der Waals surface area (Å²) in [5, 5.41) is 9.89. The molecule has 164 valence electrons. The second-order valence-electron chi connectivity index (χ2n) is 7.12. The zero-order valence-electron chi connectivity index (χ0n) is 17.7. The van der Waals surface area contributed by atoms with Crippen LogP contribution >= 0.6 is 11.8 Å². The van der Waals surface area contributed by atoms with Gasteiger partial charge in [-0.05, 0) is 24.1 Å². The molecule has 0 fully saturated rings. The molecule has 2 heterocycles. The molecule has 0 aliphatic heterocycles. The van der Waals surface area contributed by atoms with E-state index in [-0.39, 0.29) is 23.9 Å². The number of ether oxygens (including phenoxy) is 1. The first kappa shape index (κ1) is 21.8. The van der Waals surface area contributed by atoms with E-state index in [0.717, 1.165) is 17.3 Å². The number of rotatable bonds is 10. The summed E-state index contributed by atoms with van der Waals surface area (Å²) in [6.07, 6.45) is 4.38. The van der Waals surface area contributed by atoms with E-state index < -0.39 is 5.82 Å². The Morgan fingerprint density at radius 2 is 2.09 bits per heavy atom. The highest BCUT2D eigenvalue weighted by atomic mass is 32.2. The average Bonchev–Trinajstić information content (AvgIpc) is 3.41. The Balaban J connectivity index is 1.48. The number of allylic oxidation sites excluding steroid dienone is 1. The van der Waals surface area contributed by atoms with Gasteiger partial charge in [0.15, 0.2) is 28.3 Å². The molecule has 0 unspecified atom stereocenters. The van der Waals surface area contributed by atoms with E-state index in [2.05, 4.69) is 34.8 Å². The maximum Gasteiger partial charge on any atom is 0.192 e.